The van der Waals surface area contributed by atoms with Crippen molar-refractivity contribution in [3.05, 3.63) is 63.8 Å². The number of rotatable bonds is 3. The van der Waals surface area contributed by atoms with Gasteiger partial charge in [-0.1, -0.05) is 0 Å². The van der Waals surface area contributed by atoms with E-state index in [0.29, 0.717) is 24.1 Å². The number of nitrogens with one attached hydrogen (secondary N) is 1. The predicted octanol–water partition coefficient (Wildman–Crippen LogP) is 2.67. The largest absolute Gasteiger partial charge is 0.343 e. The Balaban J connectivity index is 1.30. The third-order valence-corrected chi connectivity index (χ3v) is 7.41. The Morgan fingerprint density at radius 1 is 1.00 bits per heavy atom. The number of halogens is 1. The van der Waals surface area contributed by atoms with E-state index in [1.165, 1.54) is 24.3 Å². The zero-order valence-corrected chi connectivity index (χ0v) is 18.8. The molecule has 3 aliphatic rings. The monoisotopic (exact) mass is 452 g/mol. The summed E-state index contributed by atoms with van der Waals surface area (Å²) in [7, 11) is 0. The van der Waals surface area contributed by atoms with Crippen LogP contribution in [0.5, 0.6) is 0 Å². The molecule has 174 valence electrons. The number of pyridine rings is 1. The van der Waals surface area contributed by atoms with E-state index in [0.717, 1.165) is 51.1 Å². The number of aromatic nitrogens is 1. The Morgan fingerprint density at radius 2 is 1.73 bits per heavy atom. The second kappa shape index (κ2) is 8.74. The number of anilines is 1. The van der Waals surface area contributed by atoms with E-state index in [-0.39, 0.29) is 23.1 Å². The highest BCUT2D eigenvalue weighted by atomic mass is 19.1. The Kier molecular flexibility index (Phi) is 5.78. The molecule has 0 unspecified atom stereocenters. The molecule has 2 amide bonds. The summed E-state index contributed by atoms with van der Waals surface area (Å²) in [5.41, 5.74) is 1.41. The number of nitrogens with zero attached hydrogens (tertiary/aromatic N) is 3. The van der Waals surface area contributed by atoms with Crippen LogP contribution in [0.4, 0.5) is 10.1 Å². The molecule has 8 heteroatoms. The molecule has 0 aliphatic carbocycles. The van der Waals surface area contributed by atoms with Crippen molar-refractivity contribution in [1.82, 2.24) is 14.4 Å². The summed E-state index contributed by atoms with van der Waals surface area (Å²) in [5.74, 6) is -0.00238. The molecule has 0 saturated carbocycles. The maximum absolute atomic E-state index is 13.2. The number of benzene rings is 1. The number of hydrogen-bond acceptors (Lipinski definition) is 4. The van der Waals surface area contributed by atoms with Crippen molar-refractivity contribution in [1.29, 1.82) is 0 Å². The maximum Gasteiger partial charge on any atom is 0.274 e. The van der Waals surface area contributed by atoms with E-state index in [1.807, 2.05) is 15.5 Å². The van der Waals surface area contributed by atoms with E-state index in [1.54, 1.807) is 13.0 Å². The van der Waals surface area contributed by atoms with Gasteiger partial charge in [0.05, 0.1) is 0 Å². The van der Waals surface area contributed by atoms with E-state index in [4.69, 9.17) is 0 Å². The van der Waals surface area contributed by atoms with Crippen molar-refractivity contribution >= 4 is 17.5 Å². The molecule has 4 heterocycles. The first-order valence-electron chi connectivity index (χ1n) is 11.7. The second-order valence-electron chi connectivity index (χ2n) is 9.54. The van der Waals surface area contributed by atoms with Crippen molar-refractivity contribution in [2.24, 2.45) is 5.92 Å². The molecule has 2 aromatic rings. The fourth-order valence-electron chi connectivity index (χ4n) is 5.72. The molecule has 1 N–H and O–H groups in total. The number of carbonyl (C=O) groups excluding carboxylic acids is 2. The number of hydrogen-bond donors (Lipinski definition) is 1. The van der Waals surface area contributed by atoms with Gasteiger partial charge in [0.15, 0.2) is 0 Å². The summed E-state index contributed by atoms with van der Waals surface area (Å²) in [6, 6.07) is 9.40. The van der Waals surface area contributed by atoms with E-state index in [2.05, 4.69) is 10.2 Å². The fourth-order valence-corrected chi connectivity index (χ4v) is 5.72. The molecule has 5 rings (SSSR count). The van der Waals surface area contributed by atoms with Crippen LogP contribution in [0.15, 0.2) is 41.2 Å². The van der Waals surface area contributed by atoms with Crippen molar-refractivity contribution in [3.8, 4) is 0 Å². The van der Waals surface area contributed by atoms with Crippen LogP contribution in [0.25, 0.3) is 0 Å². The lowest BCUT2D eigenvalue weighted by Gasteiger charge is -2.47. The fraction of sp³-hybridized carbons (Fsp3) is 0.480. The molecular formula is C25H29FN4O3. The normalized spacial score (nSPS) is 23.2. The molecule has 3 aliphatic heterocycles. The number of amides is 2. The van der Waals surface area contributed by atoms with Crippen LogP contribution >= 0.6 is 0 Å². The van der Waals surface area contributed by atoms with Gasteiger partial charge in [0.1, 0.15) is 11.5 Å². The van der Waals surface area contributed by atoms with Gasteiger partial charge in [-0.05, 0) is 61.6 Å². The minimum atomic E-state index is -0.424. The SMILES string of the molecule is CC(=O)N1CCC(N2C[C@@H]3C[C@H](C2)c2ccc(NC(=O)c4ccc(F)cc4)c(=O)n2C3)CC1. The first kappa shape index (κ1) is 21.8. The Morgan fingerprint density at radius 3 is 2.42 bits per heavy atom. The van der Waals surface area contributed by atoms with E-state index >= 15 is 0 Å². The van der Waals surface area contributed by atoms with Crippen LogP contribution in [0, 0.1) is 11.7 Å². The quantitative estimate of drug-likeness (QED) is 0.777. The topological polar surface area (TPSA) is 74.7 Å². The summed E-state index contributed by atoms with van der Waals surface area (Å²) in [4.78, 5) is 41.8. The van der Waals surface area contributed by atoms with Crippen LogP contribution in [-0.4, -0.2) is 58.4 Å². The predicted molar refractivity (Wildman–Crippen MR) is 123 cm³/mol. The average molecular weight is 453 g/mol. The van der Waals surface area contributed by atoms with Crippen LogP contribution in [-0.2, 0) is 11.3 Å². The van der Waals surface area contributed by atoms with Gasteiger partial charge >= 0.3 is 0 Å². The molecule has 2 bridgehead atoms. The highest BCUT2D eigenvalue weighted by Crippen LogP contribution is 2.37. The third kappa shape index (κ3) is 4.31. The molecule has 2 atom stereocenters. The Labute approximate surface area is 192 Å². The van der Waals surface area contributed by atoms with Gasteiger partial charge in [0.25, 0.3) is 11.5 Å². The van der Waals surface area contributed by atoms with Gasteiger partial charge in [0.2, 0.25) is 5.91 Å². The van der Waals surface area contributed by atoms with Gasteiger partial charge in [-0.2, -0.15) is 0 Å². The van der Waals surface area contributed by atoms with Crippen LogP contribution in [0.2, 0.25) is 0 Å². The summed E-state index contributed by atoms with van der Waals surface area (Å²) >= 11 is 0. The zero-order chi connectivity index (χ0) is 23.1. The van der Waals surface area contributed by atoms with Crippen molar-refractivity contribution < 1.29 is 14.0 Å². The van der Waals surface area contributed by atoms with Crippen LogP contribution < -0.4 is 10.9 Å². The standard InChI is InChI=1S/C25H29FN4O3/c1-16(31)28-10-8-21(9-11-28)29-13-17-12-19(15-29)23-7-6-22(25(33)30(23)14-17)27-24(32)18-2-4-20(26)5-3-18/h2-7,17,19,21H,8-15H2,1H3,(H,27,32)/t17-,19+/m0/s1. The van der Waals surface area contributed by atoms with Gasteiger partial charge < -0.3 is 14.8 Å². The third-order valence-electron chi connectivity index (χ3n) is 7.41. The highest BCUT2D eigenvalue weighted by Gasteiger charge is 2.38. The summed E-state index contributed by atoms with van der Waals surface area (Å²) < 4.78 is 15.0. The zero-order valence-electron chi connectivity index (χ0n) is 18.8. The molecule has 2 fully saturated rings. The van der Waals surface area contributed by atoms with Gasteiger partial charge in [0, 0.05) is 62.9 Å². The Hall–Kier alpha value is -3.00. The molecule has 33 heavy (non-hydrogen) atoms. The second-order valence-corrected chi connectivity index (χ2v) is 9.54. The highest BCUT2D eigenvalue weighted by molar-refractivity contribution is 6.04. The smallest absolute Gasteiger partial charge is 0.274 e. The minimum absolute atomic E-state index is 0.152. The Bertz CT molecular complexity index is 1120. The molecule has 7 nitrogen and oxygen atoms in total. The average Bonchev–Trinajstić information content (AvgIpc) is 2.81. The number of piperidine rings is 2. The first-order valence-corrected chi connectivity index (χ1v) is 11.7. The van der Waals surface area contributed by atoms with Crippen LogP contribution in [0.1, 0.15) is 48.2 Å². The van der Waals surface area contributed by atoms with Crippen molar-refractivity contribution in [3.63, 3.8) is 0 Å². The van der Waals surface area contributed by atoms with Crippen LogP contribution in [0.3, 0.4) is 0 Å². The lowest BCUT2D eigenvalue weighted by Crippen LogP contribution is -2.53. The molecule has 0 spiro atoms. The lowest BCUT2D eigenvalue weighted by molar-refractivity contribution is -0.130. The molecular weight excluding hydrogens is 423 g/mol. The molecule has 0 radical (unpaired) electrons. The lowest BCUT2D eigenvalue weighted by atomic mass is 9.82. The number of likely N-dealkylation sites (tertiary alicyclic amines) is 2. The van der Waals surface area contributed by atoms with Crippen molar-refractivity contribution in [2.45, 2.75) is 44.7 Å². The minimum Gasteiger partial charge on any atom is -0.343 e. The molecule has 1 aromatic heterocycles. The molecule has 1 aromatic carbocycles. The first-order chi connectivity index (χ1) is 15.9. The van der Waals surface area contributed by atoms with Gasteiger partial charge in [-0.25, -0.2) is 4.39 Å². The van der Waals surface area contributed by atoms with Gasteiger partial charge in [-0.15, -0.1) is 0 Å². The van der Waals surface area contributed by atoms with Gasteiger partial charge in [-0.3, -0.25) is 19.3 Å². The molecule has 2 saturated heterocycles. The van der Waals surface area contributed by atoms with E-state index in [9.17, 15) is 18.8 Å². The summed E-state index contributed by atoms with van der Waals surface area (Å²) in [5, 5.41) is 2.70. The number of carbonyl (C=O) groups is 2. The summed E-state index contributed by atoms with van der Waals surface area (Å²) in [6.45, 7) is 5.80. The maximum atomic E-state index is 13.2. The van der Waals surface area contributed by atoms with Crippen molar-refractivity contribution in [2.75, 3.05) is 31.5 Å². The van der Waals surface area contributed by atoms with E-state index < -0.39 is 11.7 Å². The number of fused-ring (bicyclic) bond motifs is 4. The summed E-state index contributed by atoms with van der Waals surface area (Å²) in [6.07, 6.45) is 3.07.